The average molecular weight is 218 g/mol. The third kappa shape index (κ3) is 1.10. The highest BCUT2D eigenvalue weighted by atomic mass is 16.6. The number of carbonyl (C=O) groups excluding carboxylic acids is 1. The van der Waals surface area contributed by atoms with Crippen molar-refractivity contribution < 1.29 is 9.53 Å². The molecule has 0 amide bonds. The molecule has 16 heavy (non-hydrogen) atoms. The van der Waals surface area contributed by atoms with Crippen LogP contribution >= 0.6 is 0 Å². The van der Waals surface area contributed by atoms with Gasteiger partial charge in [-0.3, -0.25) is 0 Å². The number of hydrogen-bond acceptors (Lipinski definition) is 2. The van der Waals surface area contributed by atoms with Crippen molar-refractivity contribution in [2.75, 3.05) is 0 Å². The van der Waals surface area contributed by atoms with Gasteiger partial charge in [0.25, 0.3) is 0 Å². The summed E-state index contributed by atoms with van der Waals surface area (Å²) >= 11 is 0. The SMILES string of the molecule is C=C(C)C(=O)OC1(C)C2CC=C3C(C2)CC31. The van der Waals surface area contributed by atoms with Gasteiger partial charge < -0.3 is 4.74 Å². The molecule has 4 atom stereocenters. The molecule has 0 aromatic rings. The van der Waals surface area contributed by atoms with Crippen LogP contribution in [0.3, 0.4) is 0 Å². The molecular weight excluding hydrogens is 200 g/mol. The van der Waals surface area contributed by atoms with Crippen LogP contribution in [-0.2, 0) is 9.53 Å². The minimum Gasteiger partial charge on any atom is -0.455 e. The summed E-state index contributed by atoms with van der Waals surface area (Å²) in [4.78, 5) is 11.7. The number of rotatable bonds is 2. The van der Waals surface area contributed by atoms with Gasteiger partial charge in [0.15, 0.2) is 0 Å². The van der Waals surface area contributed by atoms with Gasteiger partial charge in [-0.15, -0.1) is 0 Å². The predicted octanol–water partition coefficient (Wildman–Crippen LogP) is 2.85. The van der Waals surface area contributed by atoms with E-state index in [1.165, 1.54) is 12.8 Å². The molecule has 0 spiro atoms. The molecule has 4 unspecified atom stereocenters. The van der Waals surface area contributed by atoms with Gasteiger partial charge in [-0.25, -0.2) is 4.79 Å². The summed E-state index contributed by atoms with van der Waals surface area (Å²) in [6.07, 6.45) is 5.89. The zero-order chi connectivity index (χ0) is 11.5. The van der Waals surface area contributed by atoms with Crippen molar-refractivity contribution in [3.05, 3.63) is 23.8 Å². The molecule has 0 radical (unpaired) electrons. The number of fused-ring (bicyclic) bond motifs is 1. The van der Waals surface area contributed by atoms with Crippen LogP contribution in [0, 0.1) is 17.8 Å². The second-order valence-corrected chi connectivity index (χ2v) is 5.71. The first-order valence-corrected chi connectivity index (χ1v) is 6.11. The molecule has 2 nitrogen and oxygen atoms in total. The molecule has 0 aliphatic heterocycles. The highest BCUT2D eigenvalue weighted by molar-refractivity contribution is 5.87. The Bertz CT molecular complexity index is 407. The van der Waals surface area contributed by atoms with Crippen molar-refractivity contribution in [1.29, 1.82) is 0 Å². The molecule has 2 heteroatoms. The third-order valence-electron chi connectivity index (χ3n) is 4.76. The summed E-state index contributed by atoms with van der Waals surface area (Å²) in [5.41, 5.74) is 1.81. The maximum absolute atomic E-state index is 11.7. The van der Waals surface area contributed by atoms with Crippen molar-refractivity contribution in [3.8, 4) is 0 Å². The number of allylic oxidation sites excluding steroid dienone is 1. The zero-order valence-corrected chi connectivity index (χ0v) is 9.95. The highest BCUT2D eigenvalue weighted by Crippen LogP contribution is 2.62. The van der Waals surface area contributed by atoms with Crippen molar-refractivity contribution in [3.63, 3.8) is 0 Å². The zero-order valence-electron chi connectivity index (χ0n) is 9.95. The molecule has 3 saturated carbocycles. The quantitative estimate of drug-likeness (QED) is 0.405. The van der Waals surface area contributed by atoms with Gasteiger partial charge in [-0.1, -0.05) is 18.2 Å². The lowest BCUT2D eigenvalue weighted by atomic mass is 9.47. The Morgan fingerprint density at radius 2 is 2.31 bits per heavy atom. The monoisotopic (exact) mass is 218 g/mol. The second kappa shape index (κ2) is 2.99. The van der Waals surface area contributed by atoms with Crippen LogP contribution in [-0.4, -0.2) is 11.6 Å². The topological polar surface area (TPSA) is 26.3 Å². The lowest BCUT2D eigenvalue weighted by Crippen LogP contribution is -2.60. The van der Waals surface area contributed by atoms with Crippen LogP contribution in [0.5, 0.6) is 0 Å². The van der Waals surface area contributed by atoms with Crippen molar-refractivity contribution in [2.24, 2.45) is 17.8 Å². The Labute approximate surface area is 96.4 Å². The van der Waals surface area contributed by atoms with E-state index in [0.29, 0.717) is 17.4 Å². The van der Waals surface area contributed by atoms with E-state index in [4.69, 9.17) is 4.74 Å². The molecule has 5 rings (SSSR count). The molecule has 0 saturated heterocycles. The molecule has 86 valence electrons. The smallest absolute Gasteiger partial charge is 0.333 e. The van der Waals surface area contributed by atoms with E-state index < -0.39 is 0 Å². The van der Waals surface area contributed by atoms with E-state index >= 15 is 0 Å². The molecule has 5 aliphatic rings. The normalized spacial score (nSPS) is 43.4. The molecule has 0 N–H and O–H groups in total. The van der Waals surface area contributed by atoms with E-state index in [-0.39, 0.29) is 11.6 Å². The Kier molecular flexibility index (Phi) is 1.90. The van der Waals surface area contributed by atoms with Gasteiger partial charge in [0, 0.05) is 17.4 Å². The maximum Gasteiger partial charge on any atom is 0.333 e. The average Bonchev–Trinajstić information content (AvgIpc) is 2.18. The maximum atomic E-state index is 11.7. The van der Waals surface area contributed by atoms with Gasteiger partial charge in [0.05, 0.1) is 0 Å². The summed E-state index contributed by atoms with van der Waals surface area (Å²) in [7, 11) is 0. The number of ether oxygens (including phenoxy) is 1. The van der Waals surface area contributed by atoms with E-state index in [0.717, 1.165) is 12.3 Å². The van der Waals surface area contributed by atoms with E-state index in [1.807, 2.05) is 0 Å². The lowest BCUT2D eigenvalue weighted by Gasteiger charge is -2.61. The summed E-state index contributed by atoms with van der Waals surface area (Å²) in [5, 5.41) is 0. The fraction of sp³-hybridized carbons (Fsp3) is 0.643. The van der Waals surface area contributed by atoms with Gasteiger partial charge in [0.1, 0.15) is 5.60 Å². The van der Waals surface area contributed by atoms with Gasteiger partial charge >= 0.3 is 5.97 Å². The van der Waals surface area contributed by atoms with E-state index in [1.54, 1.807) is 12.5 Å². The minimum absolute atomic E-state index is 0.223. The number of esters is 1. The van der Waals surface area contributed by atoms with Crippen LogP contribution in [0.15, 0.2) is 23.8 Å². The van der Waals surface area contributed by atoms with Gasteiger partial charge in [-0.2, -0.15) is 0 Å². The fourth-order valence-electron chi connectivity index (χ4n) is 3.70. The Hall–Kier alpha value is -1.05. The Balaban J connectivity index is 1.86. The van der Waals surface area contributed by atoms with Crippen LogP contribution < -0.4 is 0 Å². The molecular formula is C14H18O2. The molecule has 5 aliphatic carbocycles. The standard InChI is InChI=1S/C14H18O2/c1-8(2)13(15)16-14(3)10-4-5-11-9(6-10)7-12(11)14/h5,9-10,12H,1,4,6-7H2,2-3H3. The summed E-state index contributed by atoms with van der Waals surface area (Å²) in [6, 6.07) is 0. The Morgan fingerprint density at radius 3 is 2.81 bits per heavy atom. The van der Waals surface area contributed by atoms with E-state index in [2.05, 4.69) is 19.6 Å². The van der Waals surface area contributed by atoms with Gasteiger partial charge in [-0.05, 0) is 39.0 Å². The minimum atomic E-state index is -0.255. The molecule has 4 bridgehead atoms. The van der Waals surface area contributed by atoms with Crippen molar-refractivity contribution in [2.45, 2.75) is 38.7 Å². The van der Waals surface area contributed by atoms with Gasteiger partial charge in [0.2, 0.25) is 0 Å². The number of hydrogen-bond donors (Lipinski definition) is 0. The summed E-state index contributed by atoms with van der Waals surface area (Å²) in [6.45, 7) is 7.50. The molecule has 0 heterocycles. The third-order valence-corrected chi connectivity index (χ3v) is 4.76. The summed E-state index contributed by atoms with van der Waals surface area (Å²) in [5.74, 6) is 1.60. The summed E-state index contributed by atoms with van der Waals surface area (Å²) < 4.78 is 5.75. The largest absolute Gasteiger partial charge is 0.455 e. The second-order valence-electron chi connectivity index (χ2n) is 5.71. The molecule has 0 aromatic heterocycles. The fourth-order valence-corrected chi connectivity index (χ4v) is 3.70. The van der Waals surface area contributed by atoms with Crippen LogP contribution in [0.1, 0.15) is 33.1 Å². The number of carbonyl (C=O) groups is 1. The molecule has 0 aromatic carbocycles. The van der Waals surface area contributed by atoms with Crippen LogP contribution in [0.4, 0.5) is 0 Å². The first-order valence-electron chi connectivity index (χ1n) is 6.11. The van der Waals surface area contributed by atoms with Crippen LogP contribution in [0.25, 0.3) is 0 Å². The van der Waals surface area contributed by atoms with E-state index in [9.17, 15) is 4.79 Å². The predicted molar refractivity (Wildman–Crippen MR) is 61.7 cm³/mol. The van der Waals surface area contributed by atoms with Crippen molar-refractivity contribution >= 4 is 5.97 Å². The lowest BCUT2D eigenvalue weighted by molar-refractivity contribution is -0.184. The van der Waals surface area contributed by atoms with Crippen LogP contribution in [0.2, 0.25) is 0 Å². The van der Waals surface area contributed by atoms with Crippen molar-refractivity contribution in [1.82, 2.24) is 0 Å². The first-order chi connectivity index (χ1) is 7.52. The Morgan fingerprint density at radius 1 is 1.56 bits per heavy atom. The first kappa shape index (κ1) is 10.1. The highest BCUT2D eigenvalue weighted by Gasteiger charge is 2.60. The molecule has 3 fully saturated rings.